The fourth-order valence-electron chi connectivity index (χ4n) is 2.31. The molecule has 2 aliphatic rings. The molecule has 21 heavy (non-hydrogen) atoms. The summed E-state index contributed by atoms with van der Waals surface area (Å²) in [4.78, 5) is 1.39. The van der Waals surface area contributed by atoms with Crippen molar-refractivity contribution in [1.82, 2.24) is 4.90 Å². The van der Waals surface area contributed by atoms with Crippen molar-refractivity contribution < 1.29 is 29.2 Å². The molecule has 1 unspecified atom stereocenters. The van der Waals surface area contributed by atoms with E-state index in [2.05, 4.69) is 0 Å². The molecule has 4 N–H and O–H groups in total. The van der Waals surface area contributed by atoms with Crippen LogP contribution in [-0.4, -0.2) is 55.5 Å². The Morgan fingerprint density at radius 2 is 1.57 bits per heavy atom. The fourth-order valence-corrected chi connectivity index (χ4v) is 2.31. The molecule has 1 saturated carbocycles. The predicted octanol–water partition coefficient (Wildman–Crippen LogP) is 1.11. The van der Waals surface area contributed by atoms with Gasteiger partial charge in [-0.15, -0.1) is 0 Å². The zero-order valence-electron chi connectivity index (χ0n) is 13.1. The Labute approximate surface area is 124 Å². The molecule has 0 radical (unpaired) electrons. The van der Waals surface area contributed by atoms with E-state index in [-0.39, 0.29) is 25.3 Å². The first-order valence-corrected chi connectivity index (χ1v) is 7.26. The van der Waals surface area contributed by atoms with Crippen LogP contribution in [0.4, 0.5) is 8.78 Å². The number of alkyl halides is 2. The number of aliphatic hydroxyl groups is 4. The topological polar surface area (TPSA) is 84.2 Å². The van der Waals surface area contributed by atoms with Crippen LogP contribution in [0.25, 0.3) is 0 Å². The molecule has 5 nitrogen and oxygen atoms in total. The van der Waals surface area contributed by atoms with Gasteiger partial charge >= 0.3 is 0 Å². The van der Waals surface area contributed by atoms with Crippen molar-refractivity contribution in [1.29, 1.82) is 0 Å². The molecule has 126 valence electrons. The van der Waals surface area contributed by atoms with Gasteiger partial charge in [0.05, 0.1) is 0 Å². The largest absolute Gasteiger partial charge is 0.368 e. The highest BCUT2D eigenvalue weighted by Gasteiger charge is 2.60. The smallest absolute Gasteiger partial charge is 0.252 e. The number of hydrogen-bond donors (Lipinski definition) is 4. The molecule has 0 aromatic carbocycles. The Bertz CT molecular complexity index is 337. The minimum absolute atomic E-state index is 0.0370. The van der Waals surface area contributed by atoms with Crippen molar-refractivity contribution in [2.75, 3.05) is 6.54 Å². The van der Waals surface area contributed by atoms with E-state index in [9.17, 15) is 19.0 Å². The average Bonchev–Trinajstić information content (AvgIpc) is 2.85. The van der Waals surface area contributed by atoms with E-state index in [0.717, 1.165) is 0 Å². The number of nitrogens with zero attached hydrogens (tertiary/aromatic N) is 1. The lowest BCUT2D eigenvalue weighted by molar-refractivity contribution is -0.261. The van der Waals surface area contributed by atoms with Gasteiger partial charge in [-0.2, -0.15) is 0 Å². The molecule has 1 aliphatic heterocycles. The van der Waals surface area contributed by atoms with Crippen molar-refractivity contribution in [3.05, 3.63) is 0 Å². The molecule has 1 aliphatic carbocycles. The van der Waals surface area contributed by atoms with Gasteiger partial charge in [-0.25, -0.2) is 13.7 Å². The summed E-state index contributed by atoms with van der Waals surface area (Å²) in [6, 6.07) is 0. The lowest BCUT2D eigenvalue weighted by atomic mass is 10.0. The van der Waals surface area contributed by atoms with Gasteiger partial charge in [0.2, 0.25) is 5.91 Å². The predicted molar refractivity (Wildman–Crippen MR) is 73.3 cm³/mol. The van der Waals surface area contributed by atoms with Crippen LogP contribution in [0.2, 0.25) is 0 Å². The Morgan fingerprint density at radius 3 is 1.81 bits per heavy atom. The standard InChI is InChI=1S/C10H17F2NO2.C4H10O2/c1-8(2)3-4-10(14,15)13(8)6-7-5-9(7,11)12;1-3(2)4(5)6/h7,14-15H,3-6H2,1-2H3;3-6H,1-2H3. The minimum Gasteiger partial charge on any atom is -0.368 e. The van der Waals surface area contributed by atoms with Crippen LogP contribution in [0.5, 0.6) is 0 Å². The fraction of sp³-hybridized carbons (Fsp3) is 1.00. The highest BCUT2D eigenvalue weighted by atomic mass is 19.3. The van der Waals surface area contributed by atoms with E-state index in [1.165, 1.54) is 4.90 Å². The number of rotatable bonds is 3. The molecule has 0 spiro atoms. The number of halogens is 2. The third-order valence-electron chi connectivity index (χ3n) is 4.19. The molecule has 2 rings (SSSR count). The first-order chi connectivity index (χ1) is 9.29. The molecule has 1 saturated heterocycles. The van der Waals surface area contributed by atoms with Gasteiger partial charge in [0.15, 0.2) is 6.29 Å². The molecule has 0 aromatic heterocycles. The zero-order valence-corrected chi connectivity index (χ0v) is 13.1. The molecule has 0 aromatic rings. The summed E-state index contributed by atoms with van der Waals surface area (Å²) in [6.07, 6.45) is -0.448. The van der Waals surface area contributed by atoms with Gasteiger partial charge in [0, 0.05) is 36.8 Å². The van der Waals surface area contributed by atoms with E-state index in [4.69, 9.17) is 10.2 Å². The van der Waals surface area contributed by atoms with Crippen LogP contribution < -0.4 is 0 Å². The summed E-state index contributed by atoms with van der Waals surface area (Å²) in [5.41, 5.74) is -0.415. The second-order valence-corrected chi connectivity index (χ2v) is 7.02. The Hall–Kier alpha value is -0.340. The lowest BCUT2D eigenvalue weighted by Crippen LogP contribution is -2.52. The molecular weight excluding hydrogens is 284 g/mol. The molecule has 0 bridgehead atoms. The van der Waals surface area contributed by atoms with Gasteiger partial charge in [0.1, 0.15) is 0 Å². The first-order valence-electron chi connectivity index (χ1n) is 7.26. The van der Waals surface area contributed by atoms with E-state index in [1.54, 1.807) is 13.8 Å². The number of hydrogen-bond acceptors (Lipinski definition) is 5. The van der Waals surface area contributed by atoms with Crippen molar-refractivity contribution in [3.63, 3.8) is 0 Å². The molecule has 2 fully saturated rings. The second-order valence-electron chi connectivity index (χ2n) is 7.02. The highest BCUT2D eigenvalue weighted by molar-refractivity contribution is 5.02. The molecule has 0 amide bonds. The van der Waals surface area contributed by atoms with Gasteiger partial charge in [-0.1, -0.05) is 13.8 Å². The summed E-state index contributed by atoms with van der Waals surface area (Å²) in [7, 11) is 0. The highest BCUT2D eigenvalue weighted by Crippen LogP contribution is 2.51. The third-order valence-corrected chi connectivity index (χ3v) is 4.19. The van der Waals surface area contributed by atoms with E-state index >= 15 is 0 Å². The maximum atomic E-state index is 12.8. The van der Waals surface area contributed by atoms with Crippen molar-refractivity contribution >= 4 is 0 Å². The number of aliphatic hydroxyl groups excluding tert-OH is 1. The zero-order chi connectivity index (χ0) is 16.6. The summed E-state index contributed by atoms with van der Waals surface area (Å²) in [5.74, 6) is -5.27. The summed E-state index contributed by atoms with van der Waals surface area (Å²) >= 11 is 0. The molecular formula is C14H27F2NO4. The molecule has 1 heterocycles. The third kappa shape index (κ3) is 4.82. The SMILES string of the molecule is CC(C)C(O)O.CC1(C)CCC(O)(O)N1CC1CC1(F)F. The van der Waals surface area contributed by atoms with Gasteiger partial charge in [0.25, 0.3) is 5.92 Å². The van der Waals surface area contributed by atoms with Crippen LogP contribution in [0.15, 0.2) is 0 Å². The minimum atomic E-state index is -2.60. The maximum Gasteiger partial charge on any atom is 0.252 e. The Balaban J connectivity index is 0.000000315. The van der Waals surface area contributed by atoms with Gasteiger partial charge < -0.3 is 20.4 Å². The van der Waals surface area contributed by atoms with E-state index in [1.807, 2.05) is 13.8 Å². The Morgan fingerprint density at radius 1 is 1.14 bits per heavy atom. The normalized spacial score (nSPS) is 29.4. The quantitative estimate of drug-likeness (QED) is 0.587. The summed E-state index contributed by atoms with van der Waals surface area (Å²) in [5, 5.41) is 35.7. The average molecular weight is 311 g/mol. The maximum absolute atomic E-state index is 12.8. The van der Waals surface area contributed by atoms with Crippen LogP contribution >= 0.6 is 0 Å². The van der Waals surface area contributed by atoms with E-state index < -0.39 is 29.6 Å². The Kier molecular flexibility index (Phi) is 5.38. The molecule has 1 atom stereocenters. The monoisotopic (exact) mass is 311 g/mol. The second kappa shape index (κ2) is 6.04. The van der Waals surface area contributed by atoms with Crippen LogP contribution in [0, 0.1) is 11.8 Å². The van der Waals surface area contributed by atoms with Crippen molar-refractivity contribution in [2.24, 2.45) is 11.8 Å². The van der Waals surface area contributed by atoms with Crippen LogP contribution in [0.3, 0.4) is 0 Å². The van der Waals surface area contributed by atoms with Crippen LogP contribution in [-0.2, 0) is 0 Å². The first kappa shape index (κ1) is 18.7. The van der Waals surface area contributed by atoms with Gasteiger partial charge in [-0.3, -0.25) is 0 Å². The summed E-state index contributed by atoms with van der Waals surface area (Å²) in [6.45, 7) is 7.24. The lowest BCUT2D eigenvalue weighted by Gasteiger charge is -2.37. The van der Waals surface area contributed by atoms with Gasteiger partial charge in [-0.05, 0) is 20.3 Å². The number of likely N-dealkylation sites (tertiary alicyclic amines) is 1. The van der Waals surface area contributed by atoms with Crippen molar-refractivity contribution in [3.8, 4) is 0 Å². The summed E-state index contributed by atoms with van der Waals surface area (Å²) < 4.78 is 25.5. The van der Waals surface area contributed by atoms with Crippen LogP contribution in [0.1, 0.15) is 47.0 Å². The molecule has 7 heteroatoms. The van der Waals surface area contributed by atoms with E-state index in [0.29, 0.717) is 6.42 Å². The van der Waals surface area contributed by atoms with Crippen molar-refractivity contribution in [2.45, 2.75) is 70.6 Å².